The van der Waals surface area contributed by atoms with Gasteiger partial charge in [-0.2, -0.15) is 0 Å². The molecule has 12 nitrogen and oxygen atoms in total. The number of ketones is 1. The number of thiazole rings is 1. The van der Waals surface area contributed by atoms with Crippen LogP contribution in [0.3, 0.4) is 0 Å². The Morgan fingerprint density at radius 3 is 2.51 bits per heavy atom. The summed E-state index contributed by atoms with van der Waals surface area (Å²) in [5, 5.41) is 12.1. The smallest absolute Gasteiger partial charge is 0.377 e. The maximum atomic E-state index is 13.2. The third-order valence-electron chi connectivity index (χ3n) is 6.01. The number of benzene rings is 1. The Balaban J connectivity index is 1.55. The van der Waals surface area contributed by atoms with Crippen LogP contribution in [0.5, 0.6) is 5.88 Å². The van der Waals surface area contributed by atoms with Crippen molar-refractivity contribution in [1.82, 2.24) is 9.97 Å². The molecular weight excluding hydrogens is 548 g/mol. The molecule has 0 aliphatic carbocycles. The summed E-state index contributed by atoms with van der Waals surface area (Å²) in [4.78, 5) is 44.0. The summed E-state index contributed by atoms with van der Waals surface area (Å²) >= 11 is 1.20. The first-order valence-corrected chi connectivity index (χ1v) is 14.2. The summed E-state index contributed by atoms with van der Waals surface area (Å²) in [5.41, 5.74) is 1.05. The zero-order valence-corrected chi connectivity index (χ0v) is 22.7. The van der Waals surface area contributed by atoms with Crippen molar-refractivity contribution in [3.05, 3.63) is 47.8 Å². The largest absolute Gasteiger partial charge is 0.480 e. The molecule has 39 heavy (non-hydrogen) atoms. The van der Waals surface area contributed by atoms with Crippen LogP contribution in [0.15, 0.2) is 41.4 Å². The Labute approximate surface area is 228 Å². The highest BCUT2D eigenvalue weighted by atomic mass is 32.2. The molecule has 1 aliphatic heterocycles. The fourth-order valence-electron chi connectivity index (χ4n) is 4.03. The fraction of sp³-hybridized carbons (Fsp3) is 0.320. The number of aliphatic carboxylic acids is 1. The van der Waals surface area contributed by atoms with E-state index in [1.54, 1.807) is 6.92 Å². The minimum Gasteiger partial charge on any atom is -0.480 e. The van der Waals surface area contributed by atoms with Crippen molar-refractivity contribution in [2.24, 2.45) is 5.92 Å². The van der Waals surface area contributed by atoms with Crippen LogP contribution in [0.2, 0.25) is 0 Å². The standard InChI is InChI=1S/C25H26N4O8S2/c1-14-22(38-25(27-14)28-20(30)11-15-7-9-37-10-8-15)17-12-19(23(36-2)26-13-17)39(34,35)29-18-5-3-16(4-6-18)21(31)24(32)33/h3-6,12-13,15,29H,7-11H2,1-2H3,(H,32,33)(H,27,28,30). The number of pyridine rings is 1. The topological polar surface area (TPSA) is 174 Å². The SMILES string of the molecule is COc1ncc(-c2sc(NC(=O)CC3CCOCC3)nc2C)cc1S(=O)(=O)Nc1ccc(C(=O)C(=O)O)cc1. The average Bonchev–Trinajstić information content (AvgIpc) is 3.28. The van der Waals surface area contributed by atoms with E-state index in [0.29, 0.717) is 40.9 Å². The van der Waals surface area contributed by atoms with Gasteiger partial charge in [-0.05, 0) is 56.0 Å². The lowest BCUT2D eigenvalue weighted by Gasteiger charge is -2.20. The Kier molecular flexibility index (Phi) is 8.57. The van der Waals surface area contributed by atoms with Gasteiger partial charge in [-0.15, -0.1) is 0 Å². The second kappa shape index (κ2) is 11.9. The lowest BCUT2D eigenvalue weighted by atomic mass is 9.96. The lowest BCUT2D eigenvalue weighted by Crippen LogP contribution is -2.22. The summed E-state index contributed by atoms with van der Waals surface area (Å²) in [6.45, 7) is 3.05. The summed E-state index contributed by atoms with van der Waals surface area (Å²) < 4.78 is 39.4. The van der Waals surface area contributed by atoms with Crippen LogP contribution in [0, 0.1) is 12.8 Å². The number of Topliss-reactive ketones (excluding diaryl/α,β-unsaturated/α-hetero) is 1. The molecule has 0 unspecified atom stereocenters. The number of aromatic nitrogens is 2. The molecule has 3 heterocycles. The van der Waals surface area contributed by atoms with Crippen molar-refractivity contribution in [2.45, 2.75) is 31.1 Å². The number of anilines is 2. The molecule has 0 bridgehead atoms. The normalized spacial score (nSPS) is 14.0. The lowest BCUT2D eigenvalue weighted by molar-refractivity contribution is -0.131. The van der Waals surface area contributed by atoms with Gasteiger partial charge in [0.05, 0.1) is 17.7 Å². The van der Waals surface area contributed by atoms with Gasteiger partial charge in [-0.25, -0.2) is 23.2 Å². The highest BCUT2D eigenvalue weighted by Crippen LogP contribution is 2.36. The minimum absolute atomic E-state index is 0.0944. The number of hydrogen-bond donors (Lipinski definition) is 3. The van der Waals surface area contributed by atoms with Gasteiger partial charge in [-0.3, -0.25) is 14.3 Å². The number of nitrogens with zero attached hydrogens (tertiary/aromatic N) is 2. The monoisotopic (exact) mass is 574 g/mol. The number of carboxylic acids is 1. The van der Waals surface area contributed by atoms with Crippen molar-refractivity contribution in [3.63, 3.8) is 0 Å². The molecule has 3 aromatic rings. The number of hydrogen-bond acceptors (Lipinski definition) is 10. The van der Waals surface area contributed by atoms with Crippen molar-refractivity contribution < 1.29 is 37.4 Å². The molecule has 1 aliphatic rings. The van der Waals surface area contributed by atoms with Crippen LogP contribution < -0.4 is 14.8 Å². The van der Waals surface area contributed by atoms with E-state index >= 15 is 0 Å². The van der Waals surface area contributed by atoms with Crippen molar-refractivity contribution in [3.8, 4) is 16.3 Å². The van der Waals surface area contributed by atoms with Crippen LogP contribution in [-0.2, 0) is 24.3 Å². The van der Waals surface area contributed by atoms with Gasteiger partial charge in [0.15, 0.2) is 5.13 Å². The highest BCUT2D eigenvalue weighted by molar-refractivity contribution is 7.92. The van der Waals surface area contributed by atoms with Crippen molar-refractivity contribution in [1.29, 1.82) is 0 Å². The first-order chi connectivity index (χ1) is 18.6. The molecule has 1 saturated heterocycles. The molecule has 1 amide bonds. The summed E-state index contributed by atoms with van der Waals surface area (Å²) in [7, 11) is -2.92. The van der Waals surface area contributed by atoms with E-state index < -0.39 is 21.8 Å². The number of carbonyl (C=O) groups is 3. The summed E-state index contributed by atoms with van der Waals surface area (Å²) in [5.74, 6) is -2.74. The van der Waals surface area contributed by atoms with Crippen LogP contribution in [0.1, 0.15) is 35.3 Å². The van der Waals surface area contributed by atoms with Gasteiger partial charge in [-0.1, -0.05) is 11.3 Å². The predicted octanol–water partition coefficient (Wildman–Crippen LogP) is 3.35. The predicted molar refractivity (Wildman–Crippen MR) is 143 cm³/mol. The van der Waals surface area contributed by atoms with Crippen LogP contribution >= 0.6 is 11.3 Å². The Morgan fingerprint density at radius 1 is 1.18 bits per heavy atom. The second-order valence-electron chi connectivity index (χ2n) is 8.79. The van der Waals surface area contributed by atoms with E-state index in [1.165, 1.54) is 55.0 Å². The third-order valence-corrected chi connectivity index (χ3v) is 8.51. The first-order valence-electron chi connectivity index (χ1n) is 11.9. The molecule has 4 rings (SSSR count). The summed E-state index contributed by atoms with van der Waals surface area (Å²) in [6, 6.07) is 6.36. The number of sulfonamides is 1. The molecule has 2 aromatic heterocycles. The van der Waals surface area contributed by atoms with Crippen molar-refractivity contribution in [2.75, 3.05) is 30.4 Å². The molecule has 206 valence electrons. The first kappa shape index (κ1) is 28.1. The number of ether oxygens (including phenoxy) is 2. The van der Waals surface area contributed by atoms with E-state index in [2.05, 4.69) is 20.0 Å². The number of methoxy groups -OCH3 is 1. The zero-order valence-electron chi connectivity index (χ0n) is 21.1. The van der Waals surface area contributed by atoms with Gasteiger partial charge < -0.3 is 19.9 Å². The molecule has 0 radical (unpaired) electrons. The van der Waals surface area contributed by atoms with Crippen molar-refractivity contribution >= 4 is 49.8 Å². The molecule has 0 saturated carbocycles. The van der Waals surface area contributed by atoms with E-state index in [1.807, 2.05) is 0 Å². The zero-order chi connectivity index (χ0) is 28.2. The molecule has 0 spiro atoms. The minimum atomic E-state index is -4.21. The molecule has 3 N–H and O–H groups in total. The number of carbonyl (C=O) groups excluding carboxylic acids is 2. The highest BCUT2D eigenvalue weighted by Gasteiger charge is 2.24. The fourth-order valence-corrected chi connectivity index (χ4v) is 6.19. The van der Waals surface area contributed by atoms with Crippen LogP contribution in [0.4, 0.5) is 10.8 Å². The maximum Gasteiger partial charge on any atom is 0.377 e. The summed E-state index contributed by atoms with van der Waals surface area (Å²) in [6.07, 6.45) is 3.51. The molecule has 1 fully saturated rings. The number of carboxylic acid groups (broad SMARTS) is 1. The molecule has 14 heteroatoms. The third kappa shape index (κ3) is 6.77. The average molecular weight is 575 g/mol. The van der Waals surface area contributed by atoms with E-state index in [9.17, 15) is 22.8 Å². The Bertz CT molecular complexity index is 1500. The van der Waals surface area contributed by atoms with Gasteiger partial charge >= 0.3 is 5.97 Å². The van der Waals surface area contributed by atoms with Crippen LogP contribution in [-0.4, -0.2) is 61.5 Å². The van der Waals surface area contributed by atoms with Gasteiger partial charge in [0.25, 0.3) is 15.8 Å². The van der Waals surface area contributed by atoms with Gasteiger partial charge in [0.2, 0.25) is 11.8 Å². The van der Waals surface area contributed by atoms with E-state index in [0.717, 1.165) is 12.8 Å². The number of aryl methyl sites for hydroxylation is 1. The maximum absolute atomic E-state index is 13.2. The number of nitrogens with one attached hydrogen (secondary N) is 2. The van der Waals surface area contributed by atoms with E-state index in [-0.39, 0.29) is 33.9 Å². The molecule has 0 atom stereocenters. The van der Waals surface area contributed by atoms with Crippen LogP contribution in [0.25, 0.3) is 10.4 Å². The van der Waals surface area contributed by atoms with E-state index in [4.69, 9.17) is 14.6 Å². The number of amides is 1. The number of rotatable bonds is 10. The molecule has 1 aromatic carbocycles. The second-order valence-corrected chi connectivity index (χ2v) is 11.4. The van der Waals surface area contributed by atoms with Gasteiger partial charge in [0.1, 0.15) is 4.90 Å². The Hall–Kier alpha value is -3.88. The Morgan fingerprint density at radius 2 is 1.87 bits per heavy atom. The quantitative estimate of drug-likeness (QED) is 0.241. The molecular formula is C25H26N4O8S2. The van der Waals surface area contributed by atoms with Gasteiger partial charge in [0, 0.05) is 42.6 Å².